The molecule has 2 N–H and O–H groups in total. The third-order valence-electron chi connectivity index (χ3n) is 4.24. The van der Waals surface area contributed by atoms with Crippen LogP contribution < -0.4 is 15.2 Å². The summed E-state index contributed by atoms with van der Waals surface area (Å²) in [4.78, 5) is 2.34. The van der Waals surface area contributed by atoms with Crippen LogP contribution in [0.15, 0.2) is 12.1 Å². The highest BCUT2D eigenvalue weighted by Gasteiger charge is 2.24. The Morgan fingerprint density at radius 2 is 1.90 bits per heavy atom. The SMILES string of the molecule is CCC(CC)N(C)C(CN)c1cc(Cl)c2c(c1)OCCO2. The molecule has 4 nitrogen and oxygen atoms in total. The van der Waals surface area contributed by atoms with Gasteiger partial charge in [0, 0.05) is 18.6 Å². The zero-order valence-electron chi connectivity index (χ0n) is 13.1. The first-order valence-electron chi connectivity index (χ1n) is 7.63. The fourth-order valence-corrected chi connectivity index (χ4v) is 3.25. The number of nitrogens with zero attached hydrogens (tertiary/aromatic N) is 1. The van der Waals surface area contributed by atoms with Crippen molar-refractivity contribution in [3.63, 3.8) is 0 Å². The molecule has 0 fully saturated rings. The van der Waals surface area contributed by atoms with Crippen molar-refractivity contribution >= 4 is 11.6 Å². The zero-order valence-corrected chi connectivity index (χ0v) is 13.8. The molecule has 0 aromatic heterocycles. The summed E-state index contributed by atoms with van der Waals surface area (Å²) in [6.07, 6.45) is 2.20. The van der Waals surface area contributed by atoms with Gasteiger partial charge in [0.05, 0.1) is 5.02 Å². The van der Waals surface area contributed by atoms with E-state index in [2.05, 4.69) is 25.8 Å². The molecule has 1 aliphatic heterocycles. The third-order valence-corrected chi connectivity index (χ3v) is 4.52. The third kappa shape index (κ3) is 3.44. The van der Waals surface area contributed by atoms with Crippen molar-refractivity contribution in [2.45, 2.75) is 38.8 Å². The lowest BCUT2D eigenvalue weighted by Gasteiger charge is -2.34. The Morgan fingerprint density at radius 3 is 2.52 bits per heavy atom. The van der Waals surface area contributed by atoms with Gasteiger partial charge in [-0.15, -0.1) is 0 Å². The summed E-state index contributed by atoms with van der Waals surface area (Å²) in [6, 6.07) is 4.59. The number of likely N-dealkylation sites (N-methyl/N-ethyl adjacent to an activating group) is 1. The van der Waals surface area contributed by atoms with Crippen molar-refractivity contribution in [3.8, 4) is 11.5 Å². The van der Waals surface area contributed by atoms with Crippen LogP contribution in [0.1, 0.15) is 38.3 Å². The second kappa shape index (κ2) is 7.34. The summed E-state index contributed by atoms with van der Waals surface area (Å²) in [6.45, 7) is 6.05. The van der Waals surface area contributed by atoms with Crippen LogP contribution >= 0.6 is 11.6 Å². The zero-order chi connectivity index (χ0) is 15.4. The molecule has 1 aromatic rings. The summed E-state index contributed by atoms with van der Waals surface area (Å²) < 4.78 is 11.2. The topological polar surface area (TPSA) is 47.7 Å². The van der Waals surface area contributed by atoms with E-state index in [9.17, 15) is 0 Å². The second-order valence-electron chi connectivity index (χ2n) is 5.41. The van der Waals surface area contributed by atoms with Gasteiger partial charge in [0.15, 0.2) is 11.5 Å². The Kier molecular flexibility index (Phi) is 5.73. The lowest BCUT2D eigenvalue weighted by molar-refractivity contribution is 0.161. The highest BCUT2D eigenvalue weighted by atomic mass is 35.5. The fraction of sp³-hybridized carbons (Fsp3) is 0.625. The van der Waals surface area contributed by atoms with Crippen LogP contribution in [-0.2, 0) is 0 Å². The molecule has 1 unspecified atom stereocenters. The van der Waals surface area contributed by atoms with Crippen LogP contribution in [0.25, 0.3) is 0 Å². The van der Waals surface area contributed by atoms with Gasteiger partial charge in [-0.05, 0) is 37.6 Å². The summed E-state index contributed by atoms with van der Waals surface area (Å²) in [5.41, 5.74) is 7.11. The number of benzene rings is 1. The van der Waals surface area contributed by atoms with Crippen LogP contribution in [0.5, 0.6) is 11.5 Å². The minimum Gasteiger partial charge on any atom is -0.486 e. The highest BCUT2D eigenvalue weighted by Crippen LogP contribution is 2.40. The van der Waals surface area contributed by atoms with Crippen molar-refractivity contribution < 1.29 is 9.47 Å². The number of hydrogen-bond acceptors (Lipinski definition) is 4. The van der Waals surface area contributed by atoms with Crippen molar-refractivity contribution in [1.82, 2.24) is 4.90 Å². The molecule has 1 aromatic carbocycles. The molecule has 0 radical (unpaired) electrons. The molecule has 1 atom stereocenters. The Labute approximate surface area is 132 Å². The van der Waals surface area contributed by atoms with Crippen molar-refractivity contribution in [2.24, 2.45) is 5.73 Å². The molecule has 1 heterocycles. The van der Waals surface area contributed by atoms with Crippen LogP contribution in [0, 0.1) is 0 Å². The Morgan fingerprint density at radius 1 is 1.24 bits per heavy atom. The maximum absolute atomic E-state index is 6.34. The fourth-order valence-electron chi connectivity index (χ4n) is 2.98. The first-order chi connectivity index (χ1) is 10.1. The van der Waals surface area contributed by atoms with Crippen molar-refractivity contribution in [1.29, 1.82) is 0 Å². The predicted octanol–water partition coefficient (Wildman–Crippen LogP) is 3.23. The van der Waals surface area contributed by atoms with Gasteiger partial charge in [0.2, 0.25) is 0 Å². The average molecular weight is 313 g/mol. The van der Waals surface area contributed by atoms with Gasteiger partial charge in [-0.25, -0.2) is 0 Å². The molecule has 0 saturated carbocycles. The first kappa shape index (κ1) is 16.4. The van der Waals surface area contributed by atoms with E-state index in [-0.39, 0.29) is 6.04 Å². The number of ether oxygens (including phenoxy) is 2. The molecule has 0 spiro atoms. The number of hydrogen-bond donors (Lipinski definition) is 1. The Hall–Kier alpha value is -0.970. The molecule has 2 rings (SSSR count). The van der Waals surface area contributed by atoms with Crippen LogP contribution in [0.4, 0.5) is 0 Å². The summed E-state index contributed by atoms with van der Waals surface area (Å²) in [7, 11) is 2.12. The molecule has 0 saturated heterocycles. The van der Waals surface area contributed by atoms with Crippen LogP contribution in [-0.4, -0.2) is 37.7 Å². The lowest BCUT2D eigenvalue weighted by Crippen LogP contribution is -2.38. The summed E-state index contributed by atoms with van der Waals surface area (Å²) >= 11 is 6.34. The van der Waals surface area contributed by atoms with E-state index in [0.717, 1.165) is 24.2 Å². The maximum Gasteiger partial charge on any atom is 0.179 e. The predicted molar refractivity (Wildman–Crippen MR) is 86.4 cm³/mol. The standard InChI is InChI=1S/C16H25ClN2O2/c1-4-12(5-2)19(3)14(10-18)11-8-13(17)16-15(9-11)20-6-7-21-16/h8-9,12,14H,4-7,10,18H2,1-3H3. The quantitative estimate of drug-likeness (QED) is 0.876. The molecule has 0 aliphatic carbocycles. The first-order valence-corrected chi connectivity index (χ1v) is 8.01. The minimum absolute atomic E-state index is 0.128. The smallest absolute Gasteiger partial charge is 0.179 e. The molecular weight excluding hydrogens is 288 g/mol. The van der Waals surface area contributed by atoms with Gasteiger partial charge in [0.1, 0.15) is 13.2 Å². The van der Waals surface area contributed by atoms with E-state index in [1.54, 1.807) is 0 Å². The van der Waals surface area contributed by atoms with E-state index in [1.165, 1.54) is 0 Å². The Balaban J connectivity index is 2.32. The van der Waals surface area contributed by atoms with Gasteiger partial charge in [0.25, 0.3) is 0 Å². The Bertz CT molecular complexity index is 478. The van der Waals surface area contributed by atoms with Crippen LogP contribution in [0.2, 0.25) is 5.02 Å². The van der Waals surface area contributed by atoms with Gasteiger partial charge in [-0.1, -0.05) is 25.4 Å². The van der Waals surface area contributed by atoms with Crippen molar-refractivity contribution in [3.05, 3.63) is 22.7 Å². The number of fused-ring (bicyclic) bond motifs is 1. The number of nitrogens with two attached hydrogens (primary N) is 1. The second-order valence-corrected chi connectivity index (χ2v) is 5.82. The number of halogens is 1. The normalized spacial score (nSPS) is 15.6. The van der Waals surface area contributed by atoms with Gasteiger partial charge >= 0.3 is 0 Å². The van der Waals surface area contributed by atoms with Gasteiger partial charge in [-0.3, -0.25) is 4.90 Å². The largest absolute Gasteiger partial charge is 0.486 e. The van der Waals surface area contributed by atoms with E-state index >= 15 is 0 Å². The number of rotatable bonds is 6. The summed E-state index contributed by atoms with van der Waals surface area (Å²) in [5.74, 6) is 1.37. The maximum atomic E-state index is 6.34. The average Bonchev–Trinajstić information content (AvgIpc) is 2.49. The molecule has 0 amide bonds. The van der Waals surface area contributed by atoms with E-state index in [0.29, 0.717) is 36.6 Å². The minimum atomic E-state index is 0.128. The molecule has 21 heavy (non-hydrogen) atoms. The molecular formula is C16H25ClN2O2. The lowest BCUT2D eigenvalue weighted by atomic mass is 10.0. The highest BCUT2D eigenvalue weighted by molar-refractivity contribution is 6.32. The van der Waals surface area contributed by atoms with E-state index in [1.807, 2.05) is 12.1 Å². The van der Waals surface area contributed by atoms with Gasteiger partial charge < -0.3 is 15.2 Å². The van der Waals surface area contributed by atoms with Crippen LogP contribution in [0.3, 0.4) is 0 Å². The van der Waals surface area contributed by atoms with Gasteiger partial charge in [-0.2, -0.15) is 0 Å². The molecule has 1 aliphatic rings. The summed E-state index contributed by atoms with van der Waals surface area (Å²) in [5, 5.41) is 0.596. The molecule has 5 heteroatoms. The van der Waals surface area contributed by atoms with E-state index < -0.39 is 0 Å². The van der Waals surface area contributed by atoms with E-state index in [4.69, 9.17) is 26.8 Å². The molecule has 118 valence electrons. The van der Waals surface area contributed by atoms with Crippen molar-refractivity contribution in [2.75, 3.05) is 26.8 Å². The monoisotopic (exact) mass is 312 g/mol. The molecule has 0 bridgehead atoms.